The lowest BCUT2D eigenvalue weighted by Gasteiger charge is -1.94. The summed E-state index contributed by atoms with van der Waals surface area (Å²) in [6, 6.07) is 0. The van der Waals surface area contributed by atoms with Crippen LogP contribution in [0.5, 0.6) is 0 Å². The number of carbonyl (C=O) groups is 1. The van der Waals surface area contributed by atoms with E-state index < -0.39 is 5.97 Å². The van der Waals surface area contributed by atoms with Crippen molar-refractivity contribution in [2.45, 2.75) is 20.3 Å². The monoisotopic (exact) mass is 154 g/mol. The normalized spacial score (nSPS) is 11.9. The SMILES string of the molecule is CC(C)CC=CC=CC(=O)O. The zero-order valence-electron chi connectivity index (χ0n) is 6.95. The molecule has 0 aliphatic carbocycles. The van der Waals surface area contributed by atoms with Crippen molar-refractivity contribution < 1.29 is 9.90 Å². The average Bonchev–Trinajstić information content (AvgIpc) is 1.85. The Labute approximate surface area is 67.2 Å². The van der Waals surface area contributed by atoms with Crippen molar-refractivity contribution in [1.29, 1.82) is 0 Å². The van der Waals surface area contributed by atoms with E-state index in [9.17, 15) is 4.79 Å². The molecule has 0 bridgehead atoms. The number of carboxylic acids is 1. The Morgan fingerprint density at radius 2 is 2.09 bits per heavy atom. The van der Waals surface area contributed by atoms with Gasteiger partial charge < -0.3 is 5.11 Å². The van der Waals surface area contributed by atoms with Gasteiger partial charge in [0.2, 0.25) is 0 Å². The molecule has 0 amide bonds. The standard InChI is InChI=1S/C9H14O2/c1-8(2)6-4-3-5-7-9(10)11/h3-5,7-8H,6H2,1-2H3,(H,10,11). The van der Waals surface area contributed by atoms with Crippen LogP contribution >= 0.6 is 0 Å². The van der Waals surface area contributed by atoms with Crippen molar-refractivity contribution in [3.05, 3.63) is 24.3 Å². The summed E-state index contributed by atoms with van der Waals surface area (Å²) in [4.78, 5) is 9.98. The highest BCUT2D eigenvalue weighted by Gasteiger charge is 1.85. The van der Waals surface area contributed by atoms with Gasteiger partial charge in [-0.05, 0) is 12.3 Å². The number of aliphatic carboxylic acids is 1. The van der Waals surface area contributed by atoms with Crippen LogP contribution in [0.15, 0.2) is 24.3 Å². The molecule has 0 saturated carbocycles. The Morgan fingerprint density at radius 1 is 1.45 bits per heavy atom. The van der Waals surface area contributed by atoms with Gasteiger partial charge in [0.1, 0.15) is 0 Å². The molecular formula is C9H14O2. The van der Waals surface area contributed by atoms with Crippen molar-refractivity contribution in [3.63, 3.8) is 0 Å². The summed E-state index contributed by atoms with van der Waals surface area (Å²) in [5.74, 6) is -0.274. The average molecular weight is 154 g/mol. The fourth-order valence-corrected chi connectivity index (χ4v) is 0.567. The highest BCUT2D eigenvalue weighted by atomic mass is 16.4. The Morgan fingerprint density at radius 3 is 2.55 bits per heavy atom. The van der Waals surface area contributed by atoms with Gasteiger partial charge in [0.15, 0.2) is 0 Å². The first-order chi connectivity index (χ1) is 5.13. The zero-order valence-corrected chi connectivity index (χ0v) is 6.95. The number of hydrogen-bond donors (Lipinski definition) is 1. The Kier molecular flexibility index (Phi) is 5.17. The molecule has 0 unspecified atom stereocenters. The molecule has 0 fully saturated rings. The molecule has 0 saturated heterocycles. The van der Waals surface area contributed by atoms with Gasteiger partial charge in [-0.3, -0.25) is 0 Å². The van der Waals surface area contributed by atoms with Crippen LogP contribution in [0.25, 0.3) is 0 Å². The molecule has 0 spiro atoms. The molecule has 11 heavy (non-hydrogen) atoms. The van der Waals surface area contributed by atoms with Crippen LogP contribution in [0.1, 0.15) is 20.3 Å². The predicted octanol–water partition coefficient (Wildman–Crippen LogP) is 2.23. The molecule has 1 N–H and O–H groups in total. The molecule has 62 valence electrons. The molecule has 0 aliphatic rings. The Hall–Kier alpha value is -1.05. The fourth-order valence-electron chi connectivity index (χ4n) is 0.567. The second-order valence-corrected chi connectivity index (χ2v) is 2.76. The maximum Gasteiger partial charge on any atom is 0.328 e. The van der Waals surface area contributed by atoms with E-state index in [1.807, 2.05) is 6.08 Å². The minimum absolute atomic E-state index is 0.629. The maximum atomic E-state index is 9.98. The van der Waals surface area contributed by atoms with Crippen molar-refractivity contribution in [3.8, 4) is 0 Å². The van der Waals surface area contributed by atoms with E-state index in [-0.39, 0.29) is 0 Å². The quantitative estimate of drug-likeness (QED) is 0.498. The first kappa shape index (κ1) is 9.95. The van der Waals surface area contributed by atoms with Gasteiger partial charge in [0.05, 0.1) is 0 Å². The molecule has 2 nitrogen and oxygen atoms in total. The lowest BCUT2D eigenvalue weighted by molar-refractivity contribution is -0.131. The van der Waals surface area contributed by atoms with Crippen LogP contribution in [0.4, 0.5) is 0 Å². The van der Waals surface area contributed by atoms with E-state index in [1.165, 1.54) is 6.08 Å². The summed E-state index contributed by atoms with van der Waals surface area (Å²) < 4.78 is 0. The van der Waals surface area contributed by atoms with Gasteiger partial charge in [-0.1, -0.05) is 32.1 Å². The molecule has 0 aromatic rings. The molecule has 0 aromatic carbocycles. The van der Waals surface area contributed by atoms with E-state index in [2.05, 4.69) is 13.8 Å². The number of allylic oxidation sites excluding steroid dienone is 3. The van der Waals surface area contributed by atoms with Crippen molar-refractivity contribution >= 4 is 5.97 Å². The summed E-state index contributed by atoms with van der Waals surface area (Å²) in [5.41, 5.74) is 0. The van der Waals surface area contributed by atoms with Crippen LogP contribution < -0.4 is 0 Å². The van der Waals surface area contributed by atoms with Crippen LogP contribution in [0.3, 0.4) is 0 Å². The molecule has 0 radical (unpaired) electrons. The van der Waals surface area contributed by atoms with Crippen molar-refractivity contribution in [2.75, 3.05) is 0 Å². The van der Waals surface area contributed by atoms with E-state index in [0.717, 1.165) is 12.5 Å². The van der Waals surface area contributed by atoms with Crippen molar-refractivity contribution in [1.82, 2.24) is 0 Å². The summed E-state index contributed by atoms with van der Waals surface area (Å²) in [7, 11) is 0. The third-order valence-corrected chi connectivity index (χ3v) is 1.09. The molecule has 0 aromatic heterocycles. The third-order valence-electron chi connectivity index (χ3n) is 1.09. The lowest BCUT2D eigenvalue weighted by atomic mass is 10.1. The lowest BCUT2D eigenvalue weighted by Crippen LogP contribution is -1.84. The second kappa shape index (κ2) is 5.71. The van der Waals surface area contributed by atoms with E-state index in [4.69, 9.17) is 5.11 Å². The van der Waals surface area contributed by atoms with E-state index >= 15 is 0 Å². The van der Waals surface area contributed by atoms with Crippen LogP contribution in [0, 0.1) is 5.92 Å². The van der Waals surface area contributed by atoms with Gasteiger partial charge in [-0.15, -0.1) is 0 Å². The fraction of sp³-hybridized carbons (Fsp3) is 0.444. The third kappa shape index (κ3) is 8.95. The highest BCUT2D eigenvalue weighted by molar-refractivity contribution is 5.80. The first-order valence-electron chi connectivity index (χ1n) is 3.69. The smallest absolute Gasteiger partial charge is 0.328 e. The molecular weight excluding hydrogens is 140 g/mol. The largest absolute Gasteiger partial charge is 0.478 e. The molecule has 0 heterocycles. The number of carboxylic acid groups (broad SMARTS) is 1. The van der Waals surface area contributed by atoms with E-state index in [1.54, 1.807) is 6.08 Å². The summed E-state index contributed by atoms with van der Waals surface area (Å²) in [6.07, 6.45) is 7.36. The van der Waals surface area contributed by atoms with E-state index in [0.29, 0.717) is 5.92 Å². The van der Waals surface area contributed by atoms with Gasteiger partial charge in [0.25, 0.3) is 0 Å². The molecule has 0 rings (SSSR count). The van der Waals surface area contributed by atoms with Gasteiger partial charge in [-0.2, -0.15) is 0 Å². The molecule has 2 heteroatoms. The van der Waals surface area contributed by atoms with Gasteiger partial charge in [0, 0.05) is 6.08 Å². The summed E-state index contributed by atoms with van der Waals surface area (Å²) in [6.45, 7) is 4.23. The van der Waals surface area contributed by atoms with Crippen LogP contribution in [0.2, 0.25) is 0 Å². The number of hydrogen-bond acceptors (Lipinski definition) is 1. The summed E-state index contributed by atoms with van der Waals surface area (Å²) in [5, 5.41) is 8.20. The van der Waals surface area contributed by atoms with Crippen LogP contribution in [-0.4, -0.2) is 11.1 Å². The minimum Gasteiger partial charge on any atom is -0.478 e. The minimum atomic E-state index is -0.904. The second-order valence-electron chi connectivity index (χ2n) is 2.76. The highest BCUT2D eigenvalue weighted by Crippen LogP contribution is 1.99. The first-order valence-corrected chi connectivity index (χ1v) is 3.69. The topological polar surface area (TPSA) is 37.3 Å². The van der Waals surface area contributed by atoms with Crippen LogP contribution in [-0.2, 0) is 4.79 Å². The predicted molar refractivity (Wildman–Crippen MR) is 45.4 cm³/mol. The van der Waals surface area contributed by atoms with Gasteiger partial charge >= 0.3 is 5.97 Å². The van der Waals surface area contributed by atoms with Gasteiger partial charge in [-0.25, -0.2) is 4.79 Å². The zero-order chi connectivity index (χ0) is 8.69. The Bertz CT molecular complexity index is 166. The van der Waals surface area contributed by atoms with Crippen molar-refractivity contribution in [2.24, 2.45) is 5.92 Å². The molecule has 0 atom stereocenters. The summed E-state index contributed by atoms with van der Waals surface area (Å²) >= 11 is 0. The maximum absolute atomic E-state index is 9.98. The Balaban J connectivity index is 3.52. The molecule has 0 aliphatic heterocycles. The number of rotatable bonds is 4.